The highest BCUT2D eigenvalue weighted by atomic mass is 16.5. The Balaban J connectivity index is 0.00000122. The van der Waals surface area contributed by atoms with Gasteiger partial charge in [0.15, 0.2) is 0 Å². The second-order valence-electron chi connectivity index (χ2n) is 8.61. The van der Waals surface area contributed by atoms with Crippen LogP contribution in [-0.2, 0) is 4.74 Å². The SMILES string of the molecule is Cc1cc(Nc2ncn(-c3ccccc3)n2)cc(N2C[C@@H]3CC2CN3C2COC2)c1.[HH].[HH]. The van der Waals surface area contributed by atoms with Crippen LogP contribution in [0.25, 0.3) is 5.69 Å². The van der Waals surface area contributed by atoms with Crippen LogP contribution in [-0.4, -0.2) is 64.1 Å². The number of rotatable bonds is 5. The van der Waals surface area contributed by atoms with Gasteiger partial charge in [0.1, 0.15) is 6.33 Å². The van der Waals surface area contributed by atoms with E-state index in [9.17, 15) is 0 Å². The molecule has 0 saturated carbocycles. The maximum atomic E-state index is 5.41. The Kier molecular flexibility index (Phi) is 4.24. The Bertz CT molecular complexity index is 1060. The number of piperazine rings is 1. The molecule has 3 fully saturated rings. The van der Waals surface area contributed by atoms with Gasteiger partial charge in [-0.15, -0.1) is 5.10 Å². The van der Waals surface area contributed by atoms with Gasteiger partial charge in [-0.1, -0.05) is 18.2 Å². The Hall–Kier alpha value is -2.90. The standard InChI is InChI=1S/C23H26N6O.2H2/c1-16-7-17(25-23-24-15-29(26-23)18-5-3-2-4-6-18)9-19(8-16)27-11-21-10-20(27)12-28(21)22-13-30-14-22;;/h2-9,15,20-22H,10-14H2,1H3,(H,25,26);2*1H/t20?,21-;;/m0../s1. The van der Waals surface area contributed by atoms with Crippen LogP contribution >= 0.6 is 0 Å². The average molecular weight is 407 g/mol. The lowest BCUT2D eigenvalue weighted by Gasteiger charge is -2.43. The van der Waals surface area contributed by atoms with E-state index in [0.717, 1.165) is 37.7 Å². The fourth-order valence-electron chi connectivity index (χ4n) is 5.03. The van der Waals surface area contributed by atoms with Crippen molar-refractivity contribution < 1.29 is 7.59 Å². The van der Waals surface area contributed by atoms with E-state index in [2.05, 4.69) is 50.3 Å². The number of hydrogen-bond donors (Lipinski definition) is 1. The number of anilines is 3. The van der Waals surface area contributed by atoms with Crippen molar-refractivity contribution in [1.82, 2.24) is 19.7 Å². The molecule has 6 rings (SSSR count). The average Bonchev–Trinajstić information content (AvgIpc) is 3.43. The Morgan fingerprint density at radius 3 is 2.60 bits per heavy atom. The van der Waals surface area contributed by atoms with Crippen LogP contribution in [0.5, 0.6) is 0 Å². The normalized spacial score (nSPS) is 23.7. The lowest BCUT2D eigenvalue weighted by molar-refractivity contribution is -0.0708. The first-order chi connectivity index (χ1) is 14.7. The van der Waals surface area contributed by atoms with Crippen molar-refractivity contribution in [2.75, 3.05) is 36.5 Å². The highest BCUT2D eigenvalue weighted by Gasteiger charge is 2.47. The quantitative estimate of drug-likeness (QED) is 0.700. The van der Waals surface area contributed by atoms with Crippen molar-refractivity contribution in [3.63, 3.8) is 0 Å². The molecule has 0 amide bonds. The van der Waals surface area contributed by atoms with Crippen LogP contribution in [0, 0.1) is 6.92 Å². The van der Waals surface area contributed by atoms with Crippen LogP contribution in [0.4, 0.5) is 17.3 Å². The number of ether oxygens (including phenoxy) is 1. The zero-order chi connectivity index (χ0) is 20.1. The van der Waals surface area contributed by atoms with Crippen LogP contribution in [0.1, 0.15) is 14.8 Å². The molecule has 2 atom stereocenters. The number of aromatic nitrogens is 3. The molecule has 1 N–H and O–H groups in total. The van der Waals surface area contributed by atoms with E-state index in [1.807, 2.05) is 30.3 Å². The van der Waals surface area contributed by atoms with E-state index in [-0.39, 0.29) is 2.85 Å². The molecule has 30 heavy (non-hydrogen) atoms. The molecule has 3 saturated heterocycles. The van der Waals surface area contributed by atoms with Crippen molar-refractivity contribution in [3.8, 4) is 5.69 Å². The minimum absolute atomic E-state index is 0. The van der Waals surface area contributed by atoms with Crippen LogP contribution in [0.15, 0.2) is 54.9 Å². The summed E-state index contributed by atoms with van der Waals surface area (Å²) in [6.07, 6.45) is 3.00. The van der Waals surface area contributed by atoms with Gasteiger partial charge >= 0.3 is 0 Å². The summed E-state index contributed by atoms with van der Waals surface area (Å²) in [5.41, 5.74) is 4.56. The van der Waals surface area contributed by atoms with Gasteiger partial charge in [-0.25, -0.2) is 4.68 Å². The summed E-state index contributed by atoms with van der Waals surface area (Å²) >= 11 is 0. The summed E-state index contributed by atoms with van der Waals surface area (Å²) in [6.45, 7) is 6.22. The molecule has 1 aromatic heterocycles. The minimum Gasteiger partial charge on any atom is -0.378 e. The summed E-state index contributed by atoms with van der Waals surface area (Å²) in [7, 11) is 0. The molecular weight excluding hydrogens is 376 g/mol. The summed E-state index contributed by atoms with van der Waals surface area (Å²) in [5.74, 6) is 0.606. The van der Waals surface area contributed by atoms with E-state index < -0.39 is 0 Å². The molecule has 4 heterocycles. The van der Waals surface area contributed by atoms with Gasteiger partial charge < -0.3 is 15.0 Å². The van der Waals surface area contributed by atoms with E-state index in [1.54, 1.807) is 11.0 Å². The first kappa shape index (κ1) is 17.9. The largest absolute Gasteiger partial charge is 0.378 e. The molecule has 0 radical (unpaired) electrons. The fraction of sp³-hybridized carbons (Fsp3) is 0.391. The number of fused-ring (bicyclic) bond motifs is 2. The van der Waals surface area contributed by atoms with E-state index in [4.69, 9.17) is 4.74 Å². The predicted octanol–water partition coefficient (Wildman–Crippen LogP) is 3.47. The van der Waals surface area contributed by atoms with E-state index in [1.165, 1.54) is 17.7 Å². The second kappa shape index (κ2) is 7.11. The Morgan fingerprint density at radius 2 is 1.87 bits per heavy atom. The lowest BCUT2D eigenvalue weighted by atomic mass is 10.1. The third-order valence-electron chi connectivity index (χ3n) is 6.53. The molecule has 0 aliphatic carbocycles. The molecule has 3 aliphatic rings. The maximum absolute atomic E-state index is 5.41. The first-order valence-corrected chi connectivity index (χ1v) is 10.7. The molecule has 158 valence electrons. The first-order valence-electron chi connectivity index (χ1n) is 10.7. The molecule has 2 bridgehead atoms. The molecule has 0 spiro atoms. The number of hydrogen-bond acceptors (Lipinski definition) is 6. The fourth-order valence-corrected chi connectivity index (χ4v) is 5.03. The number of benzene rings is 2. The van der Waals surface area contributed by atoms with Crippen LogP contribution < -0.4 is 10.2 Å². The number of para-hydroxylation sites is 1. The number of likely N-dealkylation sites (tertiary alicyclic amines) is 1. The smallest absolute Gasteiger partial charge is 0.246 e. The number of nitrogens with zero attached hydrogens (tertiary/aromatic N) is 5. The minimum atomic E-state index is 0. The molecular formula is C23H30N6O. The lowest BCUT2D eigenvalue weighted by Crippen LogP contribution is -2.56. The third kappa shape index (κ3) is 3.14. The van der Waals surface area contributed by atoms with Crippen molar-refractivity contribution >= 4 is 17.3 Å². The highest BCUT2D eigenvalue weighted by molar-refractivity contribution is 5.65. The van der Waals surface area contributed by atoms with Gasteiger partial charge in [0.25, 0.3) is 0 Å². The van der Waals surface area contributed by atoms with Gasteiger partial charge in [-0.3, -0.25) is 4.90 Å². The summed E-state index contributed by atoms with van der Waals surface area (Å²) in [5, 5.41) is 7.97. The molecule has 7 nitrogen and oxygen atoms in total. The monoisotopic (exact) mass is 406 g/mol. The molecule has 3 aromatic rings. The van der Waals surface area contributed by atoms with E-state index >= 15 is 0 Å². The Labute approximate surface area is 179 Å². The maximum Gasteiger partial charge on any atom is 0.246 e. The Morgan fingerprint density at radius 1 is 1.00 bits per heavy atom. The highest BCUT2D eigenvalue weighted by Crippen LogP contribution is 2.38. The molecule has 1 unspecified atom stereocenters. The summed E-state index contributed by atoms with van der Waals surface area (Å²) < 4.78 is 7.20. The second-order valence-corrected chi connectivity index (χ2v) is 8.61. The van der Waals surface area contributed by atoms with Gasteiger partial charge in [0.05, 0.1) is 24.9 Å². The van der Waals surface area contributed by atoms with Gasteiger partial charge in [0, 0.05) is 39.4 Å². The number of nitrogens with one attached hydrogen (secondary N) is 1. The predicted molar refractivity (Wildman–Crippen MR) is 121 cm³/mol. The topological polar surface area (TPSA) is 58.5 Å². The summed E-state index contributed by atoms with van der Waals surface area (Å²) in [6, 6.07) is 18.6. The van der Waals surface area contributed by atoms with Crippen LogP contribution in [0.3, 0.4) is 0 Å². The van der Waals surface area contributed by atoms with Crippen molar-refractivity contribution in [2.24, 2.45) is 0 Å². The molecule has 2 aromatic carbocycles. The third-order valence-corrected chi connectivity index (χ3v) is 6.53. The zero-order valence-electron chi connectivity index (χ0n) is 17.1. The van der Waals surface area contributed by atoms with Gasteiger partial charge in [-0.2, -0.15) is 4.98 Å². The zero-order valence-corrected chi connectivity index (χ0v) is 17.1. The van der Waals surface area contributed by atoms with Crippen molar-refractivity contribution in [3.05, 3.63) is 60.4 Å². The van der Waals surface area contributed by atoms with Gasteiger partial charge in [0.2, 0.25) is 5.95 Å². The van der Waals surface area contributed by atoms with Crippen LogP contribution in [0.2, 0.25) is 0 Å². The van der Waals surface area contributed by atoms with Crippen molar-refractivity contribution in [2.45, 2.75) is 31.5 Å². The summed E-state index contributed by atoms with van der Waals surface area (Å²) in [4.78, 5) is 9.68. The van der Waals surface area contributed by atoms with E-state index in [0.29, 0.717) is 24.1 Å². The van der Waals surface area contributed by atoms with Gasteiger partial charge in [-0.05, 0) is 49.2 Å². The molecule has 7 heteroatoms. The van der Waals surface area contributed by atoms with Crippen molar-refractivity contribution in [1.29, 1.82) is 0 Å². The number of aryl methyl sites for hydroxylation is 1. The molecule has 3 aliphatic heterocycles.